The van der Waals surface area contributed by atoms with Crippen molar-refractivity contribution in [2.75, 3.05) is 52.4 Å². The summed E-state index contributed by atoms with van der Waals surface area (Å²) in [7, 11) is 0. The van der Waals surface area contributed by atoms with Crippen LogP contribution in [0.2, 0.25) is 0 Å². The number of hydroxylamine groups is 2. The average molecular weight is 956 g/mol. The summed E-state index contributed by atoms with van der Waals surface area (Å²) in [5, 5.41) is 23.0. The van der Waals surface area contributed by atoms with E-state index >= 15 is 0 Å². The van der Waals surface area contributed by atoms with Crippen LogP contribution in [0.5, 0.6) is 0 Å². The first-order valence-corrected chi connectivity index (χ1v) is 24.2. The monoisotopic (exact) mass is 955 g/mol. The van der Waals surface area contributed by atoms with Crippen molar-refractivity contribution in [3.8, 4) is 17.9 Å². The van der Waals surface area contributed by atoms with Gasteiger partial charge < -0.3 is 30.6 Å². The molecular formula is C52H49N11O6S. The van der Waals surface area contributed by atoms with Gasteiger partial charge in [-0.2, -0.15) is 5.26 Å². The first-order chi connectivity index (χ1) is 34.1. The maximum absolute atomic E-state index is 12.7. The maximum Gasteiger partial charge on any atom is 0.363 e. The van der Waals surface area contributed by atoms with Crippen LogP contribution in [0.15, 0.2) is 97.6 Å². The highest BCUT2D eigenvalue weighted by Gasteiger charge is 2.33. The quantitative estimate of drug-likeness (QED) is 0.0885. The third-order valence-corrected chi connectivity index (χ3v) is 13.6. The van der Waals surface area contributed by atoms with E-state index in [1.165, 1.54) is 11.8 Å². The lowest BCUT2D eigenvalue weighted by Gasteiger charge is -2.31. The first-order valence-electron chi connectivity index (χ1n) is 23.2. The third-order valence-electron chi connectivity index (χ3n) is 12.6. The van der Waals surface area contributed by atoms with Gasteiger partial charge >= 0.3 is 5.97 Å². The molecule has 2 aromatic carbocycles. The number of hydrogen-bond donors (Lipinski definition) is 3. The van der Waals surface area contributed by atoms with Crippen LogP contribution in [0.1, 0.15) is 72.6 Å². The SMILES string of the molecule is CC#CC1CCN(c2nccc3cnc(Nc4cccc(C(=O)NC5CCSC5=O)c4)cc23)CC1.N#CC1CCN(c2nccc3cnc(Nc4cccc(C(=O)ON5C(=O)CCC5=O)c4)cc23)CC1. The third kappa shape index (κ3) is 10.9. The molecule has 10 rings (SSSR count). The van der Waals surface area contributed by atoms with Gasteiger partial charge in [-0.1, -0.05) is 23.9 Å². The zero-order valence-corrected chi connectivity index (χ0v) is 39.2. The van der Waals surface area contributed by atoms with Gasteiger partial charge in [0.05, 0.1) is 17.7 Å². The molecule has 4 fully saturated rings. The summed E-state index contributed by atoms with van der Waals surface area (Å²) >= 11 is 1.27. The number of carbonyl (C=O) groups excluding carboxylic acids is 5. The molecular weight excluding hydrogens is 907 g/mol. The fourth-order valence-electron chi connectivity index (χ4n) is 8.82. The van der Waals surface area contributed by atoms with Crippen LogP contribution in [0, 0.1) is 35.0 Å². The van der Waals surface area contributed by atoms with Gasteiger partial charge in [0.25, 0.3) is 17.7 Å². The minimum atomic E-state index is -0.795. The molecule has 4 aliphatic rings. The van der Waals surface area contributed by atoms with Crippen molar-refractivity contribution in [2.45, 2.75) is 57.9 Å². The van der Waals surface area contributed by atoms with Gasteiger partial charge in [-0.25, -0.2) is 24.7 Å². The largest absolute Gasteiger partial charge is 0.363 e. The molecule has 4 saturated heterocycles. The summed E-state index contributed by atoms with van der Waals surface area (Å²) in [6, 6.07) is 23.5. The second-order valence-electron chi connectivity index (χ2n) is 17.3. The molecule has 8 heterocycles. The summed E-state index contributed by atoms with van der Waals surface area (Å²) in [6.07, 6.45) is 11.6. The Morgan fingerprint density at radius 1 is 0.700 bits per heavy atom. The van der Waals surface area contributed by atoms with Crippen LogP contribution in [-0.4, -0.2) is 91.8 Å². The topological polar surface area (TPSA) is 216 Å². The molecule has 3 N–H and O–H groups in total. The van der Waals surface area contributed by atoms with Crippen molar-refractivity contribution >= 4 is 96.8 Å². The fraction of sp³-hybridized carbons (Fsp3) is 0.308. The number of thioether (sulfide) groups is 1. The Morgan fingerprint density at radius 2 is 1.24 bits per heavy atom. The summed E-state index contributed by atoms with van der Waals surface area (Å²) in [4.78, 5) is 88.3. The standard InChI is InChI=1S/C27H27N5O2S.C25H22N6O4/c1-2-4-18-8-12-32(13-9-18)25-22-16-24(29-17-20(22)7-11-28-25)30-21-6-3-5-19(15-21)26(33)31-23-10-14-35-27(23)34;26-14-16-7-10-30(11-8-16)24-20-13-21(28-15-18(20)6-9-27-24)29-19-3-1-2-17(12-19)25(34)35-31-22(32)4-5-23(31)33/h3,5-7,11,15-18,23H,8-10,12-14H2,1H3,(H,29,30)(H,31,33);1-3,6,9,12-13,15-16H,4-5,7-8,10-11H2,(H,28,29). The molecule has 4 aliphatic heterocycles. The van der Waals surface area contributed by atoms with Gasteiger partial charge in [0.1, 0.15) is 23.3 Å². The lowest BCUT2D eigenvalue weighted by molar-refractivity contribution is -0.172. The highest BCUT2D eigenvalue weighted by Crippen LogP contribution is 2.32. The molecule has 1 atom stereocenters. The maximum atomic E-state index is 12.7. The van der Waals surface area contributed by atoms with Gasteiger partial charge in [0.15, 0.2) is 0 Å². The Kier molecular flexibility index (Phi) is 14.4. The molecule has 3 amide bonds. The molecule has 18 heteroatoms. The molecule has 0 radical (unpaired) electrons. The molecule has 17 nitrogen and oxygen atoms in total. The van der Waals surface area contributed by atoms with E-state index in [0.717, 1.165) is 96.5 Å². The Balaban J connectivity index is 0.000000174. The molecule has 70 heavy (non-hydrogen) atoms. The van der Waals surface area contributed by atoms with E-state index in [2.05, 4.69) is 58.6 Å². The van der Waals surface area contributed by atoms with E-state index < -0.39 is 23.8 Å². The van der Waals surface area contributed by atoms with E-state index in [0.29, 0.717) is 40.3 Å². The van der Waals surface area contributed by atoms with Gasteiger partial charge in [-0.05, 0) is 99.7 Å². The molecule has 4 aromatic heterocycles. The van der Waals surface area contributed by atoms with Gasteiger partial charge in [0.2, 0.25) is 5.12 Å². The zero-order valence-electron chi connectivity index (χ0n) is 38.4. The number of nitrogens with zero attached hydrogens (tertiary/aromatic N) is 8. The Labute approximate surface area is 408 Å². The Bertz CT molecular complexity index is 3080. The van der Waals surface area contributed by atoms with Crippen molar-refractivity contribution in [1.29, 1.82) is 5.26 Å². The van der Waals surface area contributed by atoms with Crippen molar-refractivity contribution < 1.29 is 28.8 Å². The van der Waals surface area contributed by atoms with Crippen LogP contribution >= 0.6 is 11.8 Å². The second-order valence-corrected chi connectivity index (χ2v) is 18.4. The van der Waals surface area contributed by atoms with Crippen molar-refractivity contribution in [3.05, 3.63) is 109 Å². The number of fused-ring (bicyclic) bond motifs is 2. The van der Waals surface area contributed by atoms with Gasteiger partial charge in [0, 0.05) is 120 Å². The average Bonchev–Trinajstić information content (AvgIpc) is 3.95. The summed E-state index contributed by atoms with van der Waals surface area (Å²) in [5.74, 6) is 8.59. The highest BCUT2D eigenvalue weighted by molar-refractivity contribution is 8.14. The van der Waals surface area contributed by atoms with E-state index in [-0.39, 0.29) is 35.3 Å². The normalized spacial score (nSPS) is 17.3. The smallest absolute Gasteiger partial charge is 0.356 e. The number of imide groups is 1. The molecule has 0 saturated carbocycles. The zero-order chi connectivity index (χ0) is 48.6. The first kappa shape index (κ1) is 47.0. The van der Waals surface area contributed by atoms with Crippen LogP contribution in [-0.2, 0) is 19.2 Å². The van der Waals surface area contributed by atoms with E-state index in [1.54, 1.807) is 48.8 Å². The number of amides is 3. The number of benzene rings is 2. The minimum Gasteiger partial charge on any atom is -0.356 e. The number of anilines is 6. The number of rotatable bonds is 10. The molecule has 1 unspecified atom stereocenters. The summed E-state index contributed by atoms with van der Waals surface area (Å²) in [5.41, 5.74) is 2.03. The van der Waals surface area contributed by atoms with Crippen molar-refractivity contribution in [2.24, 2.45) is 11.8 Å². The molecule has 0 bridgehead atoms. The van der Waals surface area contributed by atoms with E-state index in [1.807, 2.05) is 55.7 Å². The number of aromatic nitrogens is 4. The lowest BCUT2D eigenvalue weighted by atomic mass is 9.97. The number of piperidine rings is 2. The van der Waals surface area contributed by atoms with Crippen LogP contribution < -0.4 is 25.8 Å². The van der Waals surface area contributed by atoms with Gasteiger partial charge in [-0.15, -0.1) is 16.9 Å². The van der Waals surface area contributed by atoms with Crippen LogP contribution in [0.25, 0.3) is 21.5 Å². The Hall–Kier alpha value is -8.09. The number of carbonyl (C=O) groups is 5. The molecule has 6 aromatic rings. The second kappa shape index (κ2) is 21.5. The van der Waals surface area contributed by atoms with Gasteiger partial charge in [-0.3, -0.25) is 19.2 Å². The minimum absolute atomic E-state index is 0.0277. The van der Waals surface area contributed by atoms with Crippen LogP contribution in [0.3, 0.4) is 0 Å². The Morgan fingerprint density at radius 3 is 1.77 bits per heavy atom. The number of hydrogen-bond acceptors (Lipinski definition) is 16. The van der Waals surface area contributed by atoms with E-state index in [9.17, 15) is 29.2 Å². The number of nitrogens with one attached hydrogen (secondary N) is 3. The molecule has 0 spiro atoms. The van der Waals surface area contributed by atoms with Crippen LogP contribution in [0.4, 0.5) is 34.6 Å². The summed E-state index contributed by atoms with van der Waals surface area (Å²) < 4.78 is 0. The number of nitriles is 1. The van der Waals surface area contributed by atoms with Crippen molar-refractivity contribution in [3.63, 3.8) is 0 Å². The van der Waals surface area contributed by atoms with Crippen molar-refractivity contribution in [1.82, 2.24) is 30.3 Å². The lowest BCUT2D eigenvalue weighted by Crippen LogP contribution is -2.37. The summed E-state index contributed by atoms with van der Waals surface area (Å²) in [6.45, 7) is 5.28. The predicted molar refractivity (Wildman–Crippen MR) is 267 cm³/mol. The van der Waals surface area contributed by atoms with E-state index in [4.69, 9.17) is 9.82 Å². The highest BCUT2D eigenvalue weighted by atomic mass is 32.2. The molecule has 0 aliphatic carbocycles. The predicted octanol–water partition coefficient (Wildman–Crippen LogP) is 7.71. The fourth-order valence-corrected chi connectivity index (χ4v) is 9.75. The number of pyridine rings is 4. The molecule has 354 valence electrons.